The summed E-state index contributed by atoms with van der Waals surface area (Å²) in [6, 6.07) is 0. The van der Waals surface area contributed by atoms with E-state index in [0.717, 1.165) is 0 Å². The van der Waals surface area contributed by atoms with Crippen LogP contribution >= 0.6 is 0 Å². The molecule has 0 N–H and O–H groups in total. The second-order valence-corrected chi connectivity index (χ2v) is 1.81. The molecule has 0 aromatic rings. The van der Waals surface area contributed by atoms with Gasteiger partial charge in [0.25, 0.3) is 0 Å². The Labute approximate surface area is 67.0 Å². The summed E-state index contributed by atoms with van der Waals surface area (Å²) in [6.07, 6.45) is 1.60. The van der Waals surface area contributed by atoms with Crippen molar-refractivity contribution >= 4 is 5.97 Å². The lowest BCUT2D eigenvalue weighted by molar-refractivity contribution is -0.142. The van der Waals surface area contributed by atoms with Crippen LogP contribution in [-0.2, 0) is 14.3 Å². The number of ether oxygens (including phenoxy) is 2. The van der Waals surface area contributed by atoms with E-state index in [1.54, 1.807) is 19.9 Å². The van der Waals surface area contributed by atoms with E-state index in [1.807, 2.05) is 6.92 Å². The van der Waals surface area contributed by atoms with Crippen molar-refractivity contribution in [2.24, 2.45) is 0 Å². The Morgan fingerprint density at radius 2 is 1.82 bits per heavy atom. The van der Waals surface area contributed by atoms with Gasteiger partial charge in [0.1, 0.15) is 0 Å². The molecule has 0 amide bonds. The molecule has 0 saturated heterocycles. The van der Waals surface area contributed by atoms with E-state index >= 15 is 0 Å². The first-order chi connectivity index (χ1) is 5.26. The highest BCUT2D eigenvalue weighted by Crippen LogP contribution is 1.99. The minimum absolute atomic E-state index is 0.286. The molecule has 0 aliphatic rings. The third kappa shape index (κ3) is 3.65. The fraction of sp³-hybridized carbons (Fsp3) is 0.625. The van der Waals surface area contributed by atoms with Gasteiger partial charge in [-0.15, -0.1) is 0 Å². The Balaban J connectivity index is 3.94. The smallest absolute Gasteiger partial charge is 0.373 e. The van der Waals surface area contributed by atoms with Crippen LogP contribution in [0.3, 0.4) is 0 Å². The van der Waals surface area contributed by atoms with Crippen molar-refractivity contribution in [3.63, 3.8) is 0 Å². The summed E-state index contributed by atoms with van der Waals surface area (Å²) < 4.78 is 9.71. The van der Waals surface area contributed by atoms with Gasteiger partial charge in [-0.25, -0.2) is 4.79 Å². The highest BCUT2D eigenvalue weighted by atomic mass is 16.6. The predicted octanol–water partition coefficient (Wildman–Crippen LogP) is 1.49. The normalized spacial score (nSPS) is 11.0. The molecule has 0 aliphatic heterocycles. The van der Waals surface area contributed by atoms with E-state index in [2.05, 4.69) is 0 Å². The molecule has 0 spiro atoms. The first-order valence-corrected chi connectivity index (χ1v) is 3.72. The number of carbonyl (C=O) groups is 1. The molecule has 0 fully saturated rings. The summed E-state index contributed by atoms with van der Waals surface area (Å²) in [6.45, 7) is 6.18. The summed E-state index contributed by atoms with van der Waals surface area (Å²) in [5.74, 6) is -0.105. The van der Waals surface area contributed by atoms with E-state index < -0.39 is 5.97 Å². The number of esters is 1. The second-order valence-electron chi connectivity index (χ2n) is 1.81. The van der Waals surface area contributed by atoms with Gasteiger partial charge in [-0.1, -0.05) is 0 Å². The highest BCUT2D eigenvalue weighted by Gasteiger charge is 2.08. The molecular formula is C8H14O3. The molecule has 0 bridgehead atoms. The van der Waals surface area contributed by atoms with Gasteiger partial charge < -0.3 is 9.47 Å². The van der Waals surface area contributed by atoms with Crippen LogP contribution in [0, 0.1) is 0 Å². The minimum Gasteiger partial charge on any atom is -0.487 e. The molecule has 0 aromatic heterocycles. The molecule has 64 valence electrons. The molecule has 0 radical (unpaired) electrons. The van der Waals surface area contributed by atoms with Crippen molar-refractivity contribution in [1.29, 1.82) is 0 Å². The lowest BCUT2D eigenvalue weighted by atomic mass is 10.4. The Morgan fingerprint density at radius 3 is 2.18 bits per heavy atom. The van der Waals surface area contributed by atoms with Gasteiger partial charge in [0.2, 0.25) is 0 Å². The average Bonchev–Trinajstić information content (AvgIpc) is 2.00. The molecule has 0 saturated carbocycles. The van der Waals surface area contributed by atoms with Crippen LogP contribution in [0.25, 0.3) is 0 Å². The molecule has 3 heteroatoms. The van der Waals surface area contributed by atoms with Gasteiger partial charge in [-0.3, -0.25) is 0 Å². The third-order valence-electron chi connectivity index (χ3n) is 1.04. The summed E-state index contributed by atoms with van der Waals surface area (Å²) in [5.41, 5.74) is 0. The fourth-order valence-electron chi connectivity index (χ4n) is 0.618. The fourth-order valence-corrected chi connectivity index (χ4v) is 0.618. The molecular weight excluding hydrogens is 144 g/mol. The van der Waals surface area contributed by atoms with Crippen LogP contribution in [0.5, 0.6) is 0 Å². The van der Waals surface area contributed by atoms with Crippen LogP contribution in [0.15, 0.2) is 11.8 Å². The van der Waals surface area contributed by atoms with Gasteiger partial charge in [0.05, 0.1) is 13.2 Å². The van der Waals surface area contributed by atoms with Gasteiger partial charge >= 0.3 is 5.97 Å². The Hall–Kier alpha value is -0.990. The first kappa shape index (κ1) is 10.0. The summed E-state index contributed by atoms with van der Waals surface area (Å²) in [4.78, 5) is 10.9. The Morgan fingerprint density at radius 1 is 1.27 bits per heavy atom. The maximum atomic E-state index is 10.9. The van der Waals surface area contributed by atoms with E-state index in [4.69, 9.17) is 9.47 Å². The molecule has 0 aliphatic carbocycles. The summed E-state index contributed by atoms with van der Waals surface area (Å²) in [5, 5.41) is 0. The molecule has 3 nitrogen and oxygen atoms in total. The van der Waals surface area contributed by atoms with Crippen LogP contribution in [0.1, 0.15) is 20.8 Å². The summed E-state index contributed by atoms with van der Waals surface area (Å²) >= 11 is 0. The number of rotatable bonds is 4. The number of hydrogen-bond donors (Lipinski definition) is 0. The molecule has 0 atom stereocenters. The van der Waals surface area contributed by atoms with Crippen molar-refractivity contribution in [2.75, 3.05) is 13.2 Å². The standard InChI is InChI=1S/C8H14O3/c1-4-7(10-5-2)8(9)11-6-3/h4H,5-6H2,1-3H3/b7-4-. The number of carbonyl (C=O) groups excluding carboxylic acids is 1. The van der Waals surface area contributed by atoms with Crippen molar-refractivity contribution < 1.29 is 14.3 Å². The highest BCUT2D eigenvalue weighted by molar-refractivity contribution is 5.86. The zero-order chi connectivity index (χ0) is 8.69. The monoisotopic (exact) mass is 158 g/mol. The minimum atomic E-state index is -0.392. The zero-order valence-electron chi connectivity index (χ0n) is 7.22. The Kier molecular flexibility index (Phi) is 5.25. The van der Waals surface area contributed by atoms with Crippen LogP contribution < -0.4 is 0 Å². The van der Waals surface area contributed by atoms with E-state index in [0.29, 0.717) is 13.2 Å². The Bertz CT molecular complexity index is 149. The molecule has 11 heavy (non-hydrogen) atoms. The predicted molar refractivity (Wildman–Crippen MR) is 42.0 cm³/mol. The second kappa shape index (κ2) is 5.77. The lowest BCUT2D eigenvalue weighted by Gasteiger charge is -2.05. The van der Waals surface area contributed by atoms with E-state index in [9.17, 15) is 4.79 Å². The largest absolute Gasteiger partial charge is 0.487 e. The topological polar surface area (TPSA) is 35.5 Å². The molecule has 0 rings (SSSR count). The van der Waals surface area contributed by atoms with Gasteiger partial charge in [0, 0.05) is 0 Å². The first-order valence-electron chi connectivity index (χ1n) is 3.72. The van der Waals surface area contributed by atoms with E-state index in [-0.39, 0.29) is 5.76 Å². The summed E-state index contributed by atoms with van der Waals surface area (Å²) in [7, 11) is 0. The molecule has 0 heterocycles. The van der Waals surface area contributed by atoms with Crippen LogP contribution in [0.4, 0.5) is 0 Å². The molecule has 0 unspecified atom stereocenters. The zero-order valence-corrected chi connectivity index (χ0v) is 7.22. The molecule has 0 aromatic carbocycles. The van der Waals surface area contributed by atoms with Gasteiger partial charge in [0.15, 0.2) is 5.76 Å². The van der Waals surface area contributed by atoms with Gasteiger partial charge in [-0.2, -0.15) is 0 Å². The maximum absolute atomic E-state index is 10.9. The van der Waals surface area contributed by atoms with Gasteiger partial charge in [-0.05, 0) is 26.8 Å². The average molecular weight is 158 g/mol. The number of hydrogen-bond acceptors (Lipinski definition) is 3. The SMILES string of the molecule is C/C=C(\OCC)C(=O)OCC. The lowest BCUT2D eigenvalue weighted by Crippen LogP contribution is -2.10. The number of allylic oxidation sites excluding steroid dienone is 1. The van der Waals surface area contributed by atoms with Crippen LogP contribution in [-0.4, -0.2) is 19.2 Å². The van der Waals surface area contributed by atoms with Crippen LogP contribution in [0.2, 0.25) is 0 Å². The maximum Gasteiger partial charge on any atom is 0.373 e. The van der Waals surface area contributed by atoms with Crippen molar-refractivity contribution in [3.8, 4) is 0 Å². The van der Waals surface area contributed by atoms with Crippen molar-refractivity contribution in [1.82, 2.24) is 0 Å². The quantitative estimate of drug-likeness (QED) is 0.353. The van der Waals surface area contributed by atoms with Crippen molar-refractivity contribution in [2.45, 2.75) is 20.8 Å². The van der Waals surface area contributed by atoms with Crippen molar-refractivity contribution in [3.05, 3.63) is 11.8 Å². The third-order valence-corrected chi connectivity index (χ3v) is 1.04. The van der Waals surface area contributed by atoms with E-state index in [1.165, 1.54) is 0 Å².